The van der Waals surface area contributed by atoms with Crippen molar-refractivity contribution in [2.45, 2.75) is 24.2 Å². The van der Waals surface area contributed by atoms with Crippen molar-refractivity contribution in [3.63, 3.8) is 0 Å². The van der Waals surface area contributed by atoms with Gasteiger partial charge in [0.25, 0.3) is 0 Å². The number of anilines is 1. The molecule has 3 aromatic rings. The van der Waals surface area contributed by atoms with Gasteiger partial charge in [0.1, 0.15) is 5.75 Å². The Morgan fingerprint density at radius 1 is 0.854 bits per heavy atom. The van der Waals surface area contributed by atoms with Gasteiger partial charge in [0.15, 0.2) is 0 Å². The molecule has 2 aliphatic carbocycles. The number of amides is 4. The number of rotatable bonds is 3. The first kappa shape index (κ1) is 25.7. The first-order valence-corrected chi connectivity index (χ1v) is 14.1. The lowest BCUT2D eigenvalue weighted by molar-refractivity contribution is -0.138. The van der Waals surface area contributed by atoms with Crippen LogP contribution in [0, 0.1) is 23.7 Å². The van der Waals surface area contributed by atoms with Crippen LogP contribution in [0.25, 0.3) is 0 Å². The quantitative estimate of drug-likeness (QED) is 0.362. The van der Waals surface area contributed by atoms with Gasteiger partial charge in [-0.25, -0.2) is 4.90 Å². The monoisotopic (exact) mass is 566 g/mol. The number of hydrogen-bond acceptors (Lipinski definition) is 5. The lowest BCUT2D eigenvalue weighted by atomic mass is 9.49. The molecule has 0 spiro atoms. The van der Waals surface area contributed by atoms with Crippen molar-refractivity contribution in [3.05, 3.63) is 107 Å². The summed E-state index contributed by atoms with van der Waals surface area (Å²) in [6, 6.07) is 22.8. The summed E-state index contributed by atoms with van der Waals surface area (Å²) in [6.07, 6.45) is 2.62. The third-order valence-electron chi connectivity index (χ3n) is 9.59. The molecule has 6 atom stereocenters. The van der Waals surface area contributed by atoms with Crippen LogP contribution >= 0.6 is 11.6 Å². The minimum Gasteiger partial charge on any atom is -0.508 e. The zero-order valence-electron chi connectivity index (χ0n) is 22.2. The number of allylic oxidation sites excluding steroid dienone is 2. The van der Waals surface area contributed by atoms with E-state index in [1.54, 1.807) is 42.5 Å². The van der Waals surface area contributed by atoms with Crippen LogP contribution in [0.3, 0.4) is 0 Å². The normalized spacial score (nSPS) is 30.7. The second kappa shape index (κ2) is 9.14. The van der Waals surface area contributed by atoms with Crippen LogP contribution in [0.5, 0.6) is 5.75 Å². The van der Waals surface area contributed by atoms with Gasteiger partial charge in [0.2, 0.25) is 23.6 Å². The smallest absolute Gasteiger partial charge is 0.246 e. The number of hydrogen-bond donors (Lipinski definition) is 1. The number of fused-ring (bicyclic) bond motifs is 4. The van der Waals surface area contributed by atoms with E-state index in [9.17, 15) is 24.3 Å². The van der Waals surface area contributed by atoms with E-state index in [1.165, 1.54) is 16.8 Å². The fourth-order valence-corrected chi connectivity index (χ4v) is 8.17. The Morgan fingerprint density at radius 2 is 1.61 bits per heavy atom. The van der Waals surface area contributed by atoms with Gasteiger partial charge in [-0.05, 0) is 60.2 Å². The highest BCUT2D eigenvalue weighted by molar-refractivity contribution is 6.32. The molecule has 0 aromatic heterocycles. The number of phenols is 1. The van der Waals surface area contributed by atoms with Crippen LogP contribution in [0.1, 0.15) is 29.9 Å². The average molecular weight is 567 g/mol. The van der Waals surface area contributed by atoms with Crippen LogP contribution in [-0.2, 0) is 24.6 Å². The molecule has 2 saturated heterocycles. The van der Waals surface area contributed by atoms with E-state index >= 15 is 0 Å². The van der Waals surface area contributed by atoms with Gasteiger partial charge in [-0.1, -0.05) is 71.8 Å². The van der Waals surface area contributed by atoms with Gasteiger partial charge in [0.05, 0.1) is 28.9 Å². The molecule has 1 saturated carbocycles. The summed E-state index contributed by atoms with van der Waals surface area (Å²) in [4.78, 5) is 58.4. The largest absolute Gasteiger partial charge is 0.508 e. The molecular weight excluding hydrogens is 540 g/mol. The first-order chi connectivity index (χ1) is 19.7. The van der Waals surface area contributed by atoms with E-state index in [0.717, 1.165) is 5.57 Å². The molecule has 8 heteroatoms. The predicted octanol–water partition coefficient (Wildman–Crippen LogP) is 4.84. The second-order valence-corrected chi connectivity index (χ2v) is 11.9. The Labute approximate surface area is 242 Å². The number of halogens is 1. The molecule has 4 amide bonds. The van der Waals surface area contributed by atoms with Gasteiger partial charge in [0, 0.05) is 18.0 Å². The fourth-order valence-electron chi connectivity index (χ4n) is 7.98. The molecule has 41 heavy (non-hydrogen) atoms. The molecule has 2 heterocycles. The summed E-state index contributed by atoms with van der Waals surface area (Å²) in [5, 5.41) is 11.0. The van der Waals surface area contributed by atoms with Gasteiger partial charge >= 0.3 is 0 Å². The number of benzene rings is 3. The van der Waals surface area contributed by atoms with Crippen molar-refractivity contribution < 1.29 is 24.3 Å². The lowest BCUT2D eigenvalue weighted by Gasteiger charge is -2.50. The van der Waals surface area contributed by atoms with E-state index in [4.69, 9.17) is 11.6 Å². The predicted molar refractivity (Wildman–Crippen MR) is 152 cm³/mol. The summed E-state index contributed by atoms with van der Waals surface area (Å²) >= 11 is 6.31. The van der Waals surface area contributed by atoms with Gasteiger partial charge in [-0.2, -0.15) is 0 Å². The Morgan fingerprint density at radius 3 is 2.34 bits per heavy atom. The first-order valence-electron chi connectivity index (χ1n) is 13.7. The highest BCUT2D eigenvalue weighted by atomic mass is 35.5. The van der Waals surface area contributed by atoms with Crippen LogP contribution in [0.4, 0.5) is 5.69 Å². The Balaban J connectivity index is 1.52. The van der Waals surface area contributed by atoms with E-state index in [1.807, 2.05) is 42.5 Å². The topological polar surface area (TPSA) is 95.0 Å². The Hall–Kier alpha value is -4.23. The van der Waals surface area contributed by atoms with E-state index < -0.39 is 35.0 Å². The molecule has 3 aromatic carbocycles. The van der Waals surface area contributed by atoms with Crippen LogP contribution in [-0.4, -0.2) is 40.7 Å². The van der Waals surface area contributed by atoms with Crippen LogP contribution in [0.15, 0.2) is 90.5 Å². The highest BCUT2D eigenvalue weighted by Crippen LogP contribution is 2.64. The molecule has 0 bridgehead atoms. The lowest BCUT2D eigenvalue weighted by Crippen LogP contribution is -2.53. The maximum Gasteiger partial charge on any atom is 0.246 e. The summed E-state index contributed by atoms with van der Waals surface area (Å²) in [5.41, 5.74) is 1.26. The van der Waals surface area contributed by atoms with E-state index in [-0.39, 0.29) is 35.8 Å². The number of aromatic hydroxyl groups is 1. The van der Waals surface area contributed by atoms with Gasteiger partial charge in [-0.3, -0.25) is 24.1 Å². The van der Waals surface area contributed by atoms with Crippen LogP contribution < -0.4 is 4.90 Å². The van der Waals surface area contributed by atoms with E-state index in [2.05, 4.69) is 0 Å². The molecule has 1 N–H and O–H groups in total. The van der Waals surface area contributed by atoms with Crippen molar-refractivity contribution in [3.8, 4) is 5.75 Å². The Bertz CT molecular complexity index is 1670. The van der Waals surface area contributed by atoms with E-state index in [0.29, 0.717) is 28.3 Å². The molecule has 2 aliphatic heterocycles. The number of phenolic OH excluding ortho intramolecular Hbond substituents is 1. The minimum absolute atomic E-state index is 0.0361. The molecular formula is C33H27ClN2O5. The molecule has 7 rings (SSSR count). The molecule has 6 unspecified atom stereocenters. The average Bonchev–Trinajstić information content (AvgIpc) is 3.34. The van der Waals surface area contributed by atoms with Crippen LogP contribution in [0.2, 0.25) is 5.02 Å². The summed E-state index contributed by atoms with van der Waals surface area (Å²) in [7, 11) is 1.51. The zero-order valence-corrected chi connectivity index (χ0v) is 23.0. The number of carbonyl (C=O) groups is 4. The van der Waals surface area contributed by atoms with Crippen molar-refractivity contribution in [1.29, 1.82) is 0 Å². The minimum atomic E-state index is -1.35. The highest BCUT2D eigenvalue weighted by Gasteiger charge is 2.70. The molecule has 3 fully saturated rings. The standard InChI is InChI=1S/C33H27ClN2O5/c1-35-29(38)24-14-13-23-25(27(24)31(35)40)17-26-30(39)36(21-11-6-10-20(34)16-21)32(41)33(26,19-8-3-2-4-9-19)28(23)18-7-5-12-22(37)15-18/h2-13,15-16,24-28,37H,14,17H2,1H3. The Kier molecular flexibility index (Phi) is 5.74. The summed E-state index contributed by atoms with van der Waals surface area (Å²) in [5.74, 6) is -4.15. The maximum absolute atomic E-state index is 15.0. The van der Waals surface area contributed by atoms with Crippen molar-refractivity contribution in [2.75, 3.05) is 11.9 Å². The fraction of sp³-hybridized carbons (Fsp3) is 0.273. The number of carbonyl (C=O) groups excluding carboxylic acids is 4. The third kappa shape index (κ3) is 3.45. The molecule has 206 valence electrons. The third-order valence-corrected chi connectivity index (χ3v) is 9.83. The summed E-state index contributed by atoms with van der Waals surface area (Å²) < 4.78 is 0. The number of nitrogens with zero attached hydrogens (tertiary/aromatic N) is 2. The van der Waals surface area contributed by atoms with Crippen molar-refractivity contribution in [2.24, 2.45) is 23.7 Å². The van der Waals surface area contributed by atoms with Gasteiger partial charge in [-0.15, -0.1) is 0 Å². The zero-order chi connectivity index (χ0) is 28.6. The molecule has 7 nitrogen and oxygen atoms in total. The SMILES string of the molecule is CN1C(=O)C2CC=C3C(CC4C(=O)N(c5cccc(Cl)c5)C(=O)C4(c4ccccc4)C3c3cccc(O)c3)C2C1=O. The van der Waals surface area contributed by atoms with Gasteiger partial charge < -0.3 is 5.11 Å². The van der Waals surface area contributed by atoms with Crippen molar-refractivity contribution >= 4 is 40.9 Å². The maximum atomic E-state index is 15.0. The number of imide groups is 2. The molecule has 4 aliphatic rings. The molecule has 0 radical (unpaired) electrons. The summed E-state index contributed by atoms with van der Waals surface area (Å²) in [6.45, 7) is 0. The number of likely N-dealkylation sites (tertiary alicyclic amines) is 1. The van der Waals surface area contributed by atoms with Crippen molar-refractivity contribution in [1.82, 2.24) is 4.90 Å². The second-order valence-electron chi connectivity index (χ2n) is 11.4.